The molecule has 0 atom stereocenters. The number of benzene rings is 2. The van der Waals surface area contributed by atoms with Gasteiger partial charge in [0.25, 0.3) is 0 Å². The highest BCUT2D eigenvalue weighted by Crippen LogP contribution is 2.65. The molecule has 0 aliphatic heterocycles. The van der Waals surface area contributed by atoms with E-state index in [1.165, 1.54) is 50.0 Å². The van der Waals surface area contributed by atoms with Gasteiger partial charge in [0.2, 0.25) is 0 Å². The summed E-state index contributed by atoms with van der Waals surface area (Å²) in [6.07, 6.45) is 1.40. The largest absolute Gasteiger partial charge is 0.497 e. The van der Waals surface area contributed by atoms with Crippen molar-refractivity contribution in [1.29, 1.82) is 0 Å². The molecule has 1 aliphatic carbocycles. The van der Waals surface area contributed by atoms with Crippen molar-refractivity contribution in [3.05, 3.63) is 70.2 Å². The Kier molecular flexibility index (Phi) is 5.34. The normalized spacial score (nSPS) is 18.3. The van der Waals surface area contributed by atoms with Crippen molar-refractivity contribution in [2.24, 2.45) is 7.05 Å². The zero-order valence-corrected chi connectivity index (χ0v) is 20.4. The monoisotopic (exact) mass is 522 g/mol. The van der Waals surface area contributed by atoms with E-state index in [9.17, 15) is 8.78 Å². The van der Waals surface area contributed by atoms with Crippen molar-refractivity contribution in [1.82, 2.24) is 9.78 Å². The number of methoxy groups -OCH3 is 1. The quantitative estimate of drug-likeness (QED) is 0.256. The summed E-state index contributed by atoms with van der Waals surface area (Å²) in [6.45, 7) is 2.90. The van der Waals surface area contributed by atoms with Gasteiger partial charge in [-0.3, -0.25) is 4.68 Å². The van der Waals surface area contributed by atoms with Crippen LogP contribution in [0.3, 0.4) is 0 Å². The Hall–Kier alpha value is -3.27. The molecule has 0 radical (unpaired) electrons. The molecule has 0 bridgehead atoms. The highest BCUT2D eigenvalue weighted by atomic mass is 32.1. The molecule has 0 saturated carbocycles. The summed E-state index contributed by atoms with van der Waals surface area (Å²) in [7, 11) is 3.12. The molecule has 2 heterocycles. The lowest BCUT2D eigenvalue weighted by atomic mass is 9.91. The van der Waals surface area contributed by atoms with Crippen molar-refractivity contribution >= 4 is 33.4 Å². The lowest BCUT2D eigenvalue weighted by Crippen LogP contribution is -2.49. The first-order valence-corrected chi connectivity index (χ1v) is 11.7. The Balaban J connectivity index is 1.80. The smallest absolute Gasteiger partial charge is 0.380 e. The minimum Gasteiger partial charge on any atom is -0.497 e. The molecule has 2 aromatic heterocycles. The highest BCUT2D eigenvalue weighted by Gasteiger charge is 2.80. The molecule has 1 aliphatic rings. The topological polar surface area (TPSA) is 27.1 Å². The second-order valence-corrected chi connectivity index (χ2v) is 9.98. The SMILES string of the molecule is COc1ccc(-c2cc(C3=C(c4ccc5c(cnn5C)c4C)C(F)(F)C(F)(F)C3(F)F)c(C)s2)cc1. The van der Waals surface area contributed by atoms with Gasteiger partial charge in [0, 0.05) is 33.3 Å². The van der Waals surface area contributed by atoms with Gasteiger partial charge in [-0.25, -0.2) is 0 Å². The number of hydrogen-bond donors (Lipinski definition) is 0. The Labute approximate surface area is 206 Å². The molecule has 4 aromatic rings. The molecule has 36 heavy (non-hydrogen) atoms. The summed E-state index contributed by atoms with van der Waals surface area (Å²) < 4.78 is 97.5. The molecule has 0 saturated heterocycles. The average Bonchev–Trinajstić information content (AvgIpc) is 3.43. The van der Waals surface area contributed by atoms with Crippen molar-refractivity contribution in [2.75, 3.05) is 7.11 Å². The van der Waals surface area contributed by atoms with Crippen LogP contribution in [0.2, 0.25) is 0 Å². The maximum Gasteiger partial charge on any atom is 0.380 e. The second-order valence-electron chi connectivity index (χ2n) is 8.72. The van der Waals surface area contributed by atoms with Crippen LogP contribution in [0.4, 0.5) is 26.3 Å². The van der Waals surface area contributed by atoms with Gasteiger partial charge in [-0.1, -0.05) is 6.07 Å². The first kappa shape index (κ1) is 24.4. The molecular formula is C26H20F6N2OS. The number of fused-ring (bicyclic) bond motifs is 1. The number of nitrogens with zero attached hydrogens (tertiary/aromatic N) is 2. The molecule has 0 amide bonds. The number of hydrogen-bond acceptors (Lipinski definition) is 3. The van der Waals surface area contributed by atoms with E-state index in [1.54, 1.807) is 31.3 Å². The molecule has 5 rings (SSSR count). The Morgan fingerprint density at radius 2 is 1.47 bits per heavy atom. The van der Waals surface area contributed by atoms with Gasteiger partial charge in [0.05, 0.1) is 18.8 Å². The van der Waals surface area contributed by atoms with E-state index in [-0.39, 0.29) is 21.6 Å². The zero-order valence-electron chi connectivity index (χ0n) is 19.6. The molecule has 0 N–H and O–H groups in total. The van der Waals surface area contributed by atoms with Crippen LogP contribution in [0.1, 0.15) is 21.6 Å². The summed E-state index contributed by atoms with van der Waals surface area (Å²) in [5.74, 6) is -15.3. The van der Waals surface area contributed by atoms with E-state index >= 15 is 17.6 Å². The van der Waals surface area contributed by atoms with E-state index < -0.39 is 28.9 Å². The van der Waals surface area contributed by atoms with Crippen molar-refractivity contribution in [3.8, 4) is 16.2 Å². The fourth-order valence-electron chi connectivity index (χ4n) is 4.70. The molecular weight excluding hydrogens is 502 g/mol. The van der Waals surface area contributed by atoms with E-state index in [1.807, 2.05) is 0 Å². The second kappa shape index (κ2) is 7.86. The predicted octanol–water partition coefficient (Wildman–Crippen LogP) is 7.76. The van der Waals surface area contributed by atoms with Crippen LogP contribution in [0.25, 0.3) is 32.5 Å². The van der Waals surface area contributed by atoms with Crippen molar-refractivity contribution < 1.29 is 31.1 Å². The molecule has 3 nitrogen and oxygen atoms in total. The lowest BCUT2D eigenvalue weighted by molar-refractivity contribution is -0.254. The van der Waals surface area contributed by atoms with Crippen LogP contribution in [0.5, 0.6) is 5.75 Å². The van der Waals surface area contributed by atoms with E-state index in [0.29, 0.717) is 27.1 Å². The number of thiophene rings is 1. The van der Waals surface area contributed by atoms with Crippen LogP contribution in [0.15, 0.2) is 48.7 Å². The number of ether oxygens (including phenoxy) is 1. The summed E-state index contributed by atoms with van der Waals surface area (Å²) in [4.78, 5) is 0.701. The Bertz CT molecular complexity index is 1530. The van der Waals surface area contributed by atoms with Crippen LogP contribution in [-0.2, 0) is 7.05 Å². The Morgan fingerprint density at radius 1 is 0.861 bits per heavy atom. The minimum atomic E-state index is -5.62. The van der Waals surface area contributed by atoms with Crippen molar-refractivity contribution in [3.63, 3.8) is 0 Å². The first-order chi connectivity index (χ1) is 16.8. The summed E-state index contributed by atoms with van der Waals surface area (Å²) in [5, 5.41) is 4.48. The molecule has 0 fully saturated rings. The van der Waals surface area contributed by atoms with E-state index in [4.69, 9.17) is 4.74 Å². The van der Waals surface area contributed by atoms with Gasteiger partial charge in [-0.05, 0) is 72.5 Å². The molecule has 2 aromatic carbocycles. The highest BCUT2D eigenvalue weighted by molar-refractivity contribution is 7.15. The molecule has 0 unspecified atom stereocenters. The minimum absolute atomic E-state index is 0.171. The number of allylic oxidation sites excluding steroid dienone is 2. The molecule has 10 heteroatoms. The van der Waals surface area contributed by atoms with E-state index in [2.05, 4.69) is 5.10 Å². The van der Waals surface area contributed by atoms with Crippen molar-refractivity contribution in [2.45, 2.75) is 31.6 Å². The van der Waals surface area contributed by atoms with Crippen LogP contribution >= 0.6 is 11.3 Å². The standard InChI is InChI=1S/C26H20F6N2OS/c1-13-17(9-10-20-19(13)12-33-34(20)3)22-23(25(29,30)26(31,32)24(22,27)28)18-11-21(36-14(18)2)15-5-7-16(35-4)8-6-15/h5-12H,1-4H3. The molecule has 188 valence electrons. The van der Waals surface area contributed by atoms with Crippen LogP contribution < -0.4 is 4.74 Å². The number of halogens is 6. The number of aryl methyl sites for hydroxylation is 3. The van der Waals surface area contributed by atoms with Crippen LogP contribution in [0, 0.1) is 13.8 Å². The summed E-state index contributed by atoms with van der Waals surface area (Å²) >= 11 is 1.06. The summed E-state index contributed by atoms with van der Waals surface area (Å²) in [6, 6.07) is 10.6. The number of aromatic nitrogens is 2. The third-order valence-electron chi connectivity index (χ3n) is 6.70. The molecule has 0 spiro atoms. The van der Waals surface area contributed by atoms with Gasteiger partial charge < -0.3 is 4.74 Å². The fourth-order valence-corrected chi connectivity index (χ4v) is 5.73. The van der Waals surface area contributed by atoms with Gasteiger partial charge in [0.1, 0.15) is 5.75 Å². The van der Waals surface area contributed by atoms with Gasteiger partial charge in [-0.2, -0.15) is 31.4 Å². The maximum absolute atomic E-state index is 15.3. The third-order valence-corrected chi connectivity index (χ3v) is 7.80. The third kappa shape index (κ3) is 3.16. The average molecular weight is 523 g/mol. The van der Waals surface area contributed by atoms with E-state index in [0.717, 1.165) is 11.3 Å². The van der Waals surface area contributed by atoms with Gasteiger partial charge in [0.15, 0.2) is 0 Å². The van der Waals surface area contributed by atoms with Gasteiger partial charge >= 0.3 is 17.8 Å². The lowest BCUT2D eigenvalue weighted by Gasteiger charge is -2.26. The number of rotatable bonds is 4. The first-order valence-electron chi connectivity index (χ1n) is 10.9. The number of alkyl halides is 6. The van der Waals surface area contributed by atoms with Crippen LogP contribution in [-0.4, -0.2) is 34.7 Å². The maximum atomic E-state index is 15.3. The van der Waals surface area contributed by atoms with Gasteiger partial charge in [-0.15, -0.1) is 11.3 Å². The Morgan fingerprint density at radius 3 is 2.08 bits per heavy atom. The summed E-state index contributed by atoms with van der Waals surface area (Å²) in [5.41, 5.74) is -2.04. The predicted molar refractivity (Wildman–Crippen MR) is 128 cm³/mol. The zero-order chi connectivity index (χ0) is 26.2. The fraction of sp³-hybridized carbons (Fsp3) is 0.269.